The molecule has 3 aromatic rings. The first-order valence-corrected chi connectivity index (χ1v) is 7.77. The summed E-state index contributed by atoms with van der Waals surface area (Å²) in [6.45, 7) is 4.82. The molecule has 0 fully saturated rings. The van der Waals surface area contributed by atoms with Crippen molar-refractivity contribution in [3.8, 4) is 0 Å². The van der Waals surface area contributed by atoms with Crippen LogP contribution in [0.3, 0.4) is 0 Å². The number of nitrogens with zero attached hydrogens (tertiary/aromatic N) is 3. The Morgan fingerprint density at radius 3 is 2.86 bits per heavy atom. The van der Waals surface area contributed by atoms with Crippen molar-refractivity contribution in [2.75, 3.05) is 0 Å². The van der Waals surface area contributed by atoms with Gasteiger partial charge in [0.25, 0.3) is 0 Å². The van der Waals surface area contributed by atoms with E-state index < -0.39 is 0 Å². The van der Waals surface area contributed by atoms with Crippen molar-refractivity contribution in [1.82, 2.24) is 14.1 Å². The highest BCUT2D eigenvalue weighted by Gasteiger charge is 2.30. The van der Waals surface area contributed by atoms with E-state index in [2.05, 4.69) is 28.6 Å². The highest BCUT2D eigenvalue weighted by Crippen LogP contribution is 2.32. The molecule has 0 spiro atoms. The molecule has 0 N–H and O–H groups in total. The highest BCUT2D eigenvalue weighted by atomic mass is 16.2. The lowest BCUT2D eigenvalue weighted by Gasteiger charge is -2.24. The monoisotopic (exact) mass is 293 g/mol. The molecule has 4 rings (SSSR count). The van der Waals surface area contributed by atoms with Gasteiger partial charge in [0.05, 0.1) is 11.4 Å². The number of aromatic nitrogens is 3. The molecule has 0 aliphatic carbocycles. The van der Waals surface area contributed by atoms with Crippen LogP contribution in [0.25, 0.3) is 10.9 Å². The van der Waals surface area contributed by atoms with Crippen LogP contribution in [0, 0.1) is 19.8 Å². The van der Waals surface area contributed by atoms with Crippen LogP contribution in [-0.4, -0.2) is 20.0 Å². The summed E-state index contributed by atoms with van der Waals surface area (Å²) in [5.74, 6) is 1.21. The number of benzene rings is 1. The van der Waals surface area contributed by atoms with Gasteiger partial charge in [0.15, 0.2) is 0 Å². The second-order valence-corrected chi connectivity index (χ2v) is 6.12. The summed E-state index contributed by atoms with van der Waals surface area (Å²) < 4.78 is 4.03. The molecule has 1 unspecified atom stereocenters. The molecule has 0 saturated heterocycles. The smallest absolute Gasteiger partial charge is 0.236 e. The van der Waals surface area contributed by atoms with E-state index in [1.807, 2.05) is 29.8 Å². The Labute approximate surface area is 129 Å². The molecule has 22 heavy (non-hydrogen) atoms. The van der Waals surface area contributed by atoms with Crippen LogP contribution in [0.1, 0.15) is 28.3 Å². The molecule has 1 aliphatic rings. The Balaban J connectivity index is 1.77. The zero-order valence-corrected chi connectivity index (χ0v) is 12.9. The summed E-state index contributed by atoms with van der Waals surface area (Å²) >= 11 is 0. The van der Waals surface area contributed by atoms with E-state index in [0.29, 0.717) is 0 Å². The number of para-hydroxylation sites is 1. The standard InChI is InChI=1S/C18H19N3O/c1-12-15-5-3-4-6-17(15)21-16(12)8-7-14(18(21)22)11-20-10-9-19-13(20)2/h3-6,9-10,14H,7-8,11H2,1-2H3. The molecule has 112 valence electrons. The number of imidazole rings is 1. The van der Waals surface area contributed by atoms with Gasteiger partial charge < -0.3 is 4.57 Å². The number of fused-ring (bicyclic) bond motifs is 3. The first kappa shape index (κ1) is 13.3. The lowest BCUT2D eigenvalue weighted by atomic mass is 9.95. The number of hydrogen-bond acceptors (Lipinski definition) is 2. The maximum atomic E-state index is 13.0. The second-order valence-electron chi connectivity index (χ2n) is 6.12. The number of carbonyl (C=O) groups excluding carboxylic acids is 1. The van der Waals surface area contributed by atoms with Crippen LogP contribution < -0.4 is 0 Å². The van der Waals surface area contributed by atoms with Gasteiger partial charge in [-0.1, -0.05) is 18.2 Å². The molecule has 3 heterocycles. The zero-order chi connectivity index (χ0) is 15.3. The van der Waals surface area contributed by atoms with Crippen LogP contribution in [0.4, 0.5) is 0 Å². The Morgan fingerprint density at radius 2 is 2.09 bits per heavy atom. The Bertz CT molecular complexity index is 872. The van der Waals surface area contributed by atoms with Crippen LogP contribution in [0.5, 0.6) is 0 Å². The fraction of sp³-hybridized carbons (Fsp3) is 0.333. The minimum Gasteiger partial charge on any atom is -0.334 e. The van der Waals surface area contributed by atoms with Crippen molar-refractivity contribution < 1.29 is 4.79 Å². The fourth-order valence-electron chi connectivity index (χ4n) is 3.63. The van der Waals surface area contributed by atoms with E-state index in [4.69, 9.17) is 0 Å². The first-order chi connectivity index (χ1) is 10.7. The summed E-state index contributed by atoms with van der Waals surface area (Å²) in [5.41, 5.74) is 3.48. The molecular weight excluding hydrogens is 274 g/mol. The molecule has 0 amide bonds. The largest absolute Gasteiger partial charge is 0.334 e. The average Bonchev–Trinajstić information content (AvgIpc) is 3.05. The number of aryl methyl sites for hydroxylation is 2. The third-order valence-electron chi connectivity index (χ3n) is 4.89. The molecule has 4 heteroatoms. The highest BCUT2D eigenvalue weighted by molar-refractivity contribution is 5.97. The van der Waals surface area contributed by atoms with E-state index in [0.717, 1.165) is 30.7 Å². The molecule has 0 radical (unpaired) electrons. The van der Waals surface area contributed by atoms with Crippen molar-refractivity contribution in [1.29, 1.82) is 0 Å². The average molecular weight is 293 g/mol. The van der Waals surface area contributed by atoms with Gasteiger partial charge in [-0.15, -0.1) is 0 Å². The van der Waals surface area contributed by atoms with Gasteiger partial charge >= 0.3 is 0 Å². The molecule has 4 nitrogen and oxygen atoms in total. The zero-order valence-electron chi connectivity index (χ0n) is 12.9. The topological polar surface area (TPSA) is 39.8 Å². The van der Waals surface area contributed by atoms with Gasteiger partial charge in [-0.05, 0) is 38.3 Å². The summed E-state index contributed by atoms with van der Waals surface area (Å²) in [5, 5.41) is 1.20. The van der Waals surface area contributed by atoms with E-state index in [1.54, 1.807) is 6.20 Å². The van der Waals surface area contributed by atoms with Crippen molar-refractivity contribution in [2.24, 2.45) is 5.92 Å². The summed E-state index contributed by atoms with van der Waals surface area (Å²) in [7, 11) is 0. The first-order valence-electron chi connectivity index (χ1n) is 7.77. The van der Waals surface area contributed by atoms with E-state index in [9.17, 15) is 4.79 Å². The fourth-order valence-corrected chi connectivity index (χ4v) is 3.63. The molecule has 0 saturated carbocycles. The molecule has 1 aliphatic heterocycles. The van der Waals surface area contributed by atoms with Crippen LogP contribution in [0.15, 0.2) is 36.7 Å². The quantitative estimate of drug-likeness (QED) is 0.727. The maximum Gasteiger partial charge on any atom is 0.236 e. The van der Waals surface area contributed by atoms with Gasteiger partial charge in [-0.2, -0.15) is 0 Å². The summed E-state index contributed by atoms with van der Waals surface area (Å²) in [6.07, 6.45) is 5.62. The minimum atomic E-state index is 0.0237. The molecular formula is C18H19N3O. The van der Waals surface area contributed by atoms with Gasteiger partial charge in [-0.25, -0.2) is 4.98 Å². The predicted molar refractivity (Wildman–Crippen MR) is 86.1 cm³/mol. The lowest BCUT2D eigenvalue weighted by molar-refractivity contribution is 0.0793. The van der Waals surface area contributed by atoms with Gasteiger partial charge in [0.2, 0.25) is 5.91 Å². The van der Waals surface area contributed by atoms with Crippen molar-refractivity contribution in [3.05, 3.63) is 53.7 Å². The number of carbonyl (C=O) groups is 1. The van der Waals surface area contributed by atoms with Crippen LogP contribution in [0.2, 0.25) is 0 Å². The van der Waals surface area contributed by atoms with Crippen molar-refractivity contribution >= 4 is 16.8 Å². The molecule has 0 bridgehead atoms. The third kappa shape index (κ3) is 1.83. The van der Waals surface area contributed by atoms with Crippen LogP contribution in [-0.2, 0) is 13.0 Å². The van der Waals surface area contributed by atoms with Gasteiger partial charge in [-0.3, -0.25) is 9.36 Å². The lowest BCUT2D eigenvalue weighted by Crippen LogP contribution is -2.32. The van der Waals surface area contributed by atoms with E-state index in [1.165, 1.54) is 16.6 Å². The second kappa shape index (κ2) is 4.83. The van der Waals surface area contributed by atoms with Crippen molar-refractivity contribution in [3.63, 3.8) is 0 Å². The van der Waals surface area contributed by atoms with Gasteiger partial charge in [0.1, 0.15) is 5.82 Å². The number of rotatable bonds is 2. The van der Waals surface area contributed by atoms with E-state index >= 15 is 0 Å². The minimum absolute atomic E-state index is 0.0237. The SMILES string of the molecule is Cc1c2n(c3ccccc13)C(=O)C(Cn1ccnc1C)CC2. The Morgan fingerprint density at radius 1 is 1.27 bits per heavy atom. The Kier molecular flexibility index (Phi) is 2.93. The van der Waals surface area contributed by atoms with Crippen molar-refractivity contribution in [2.45, 2.75) is 33.2 Å². The maximum absolute atomic E-state index is 13.0. The predicted octanol–water partition coefficient (Wildman–Crippen LogP) is 3.36. The summed E-state index contributed by atoms with van der Waals surface area (Å²) in [6, 6.07) is 8.21. The van der Waals surface area contributed by atoms with E-state index in [-0.39, 0.29) is 11.8 Å². The molecule has 1 aromatic carbocycles. The summed E-state index contributed by atoms with van der Waals surface area (Å²) in [4.78, 5) is 17.3. The normalized spacial score (nSPS) is 17.9. The van der Waals surface area contributed by atoms with Crippen LogP contribution >= 0.6 is 0 Å². The third-order valence-corrected chi connectivity index (χ3v) is 4.89. The van der Waals surface area contributed by atoms with Gasteiger partial charge in [0, 0.05) is 30.0 Å². The molecule has 1 atom stereocenters. The number of hydrogen-bond donors (Lipinski definition) is 0. The Hall–Kier alpha value is -2.36. The molecule has 2 aromatic heterocycles.